The Balaban J connectivity index is 2.33. The molecule has 20 heavy (non-hydrogen) atoms. The first kappa shape index (κ1) is 16.9. The number of thiocarbonyl (C=S) groups is 1. The molecule has 0 fully saturated rings. The highest BCUT2D eigenvalue weighted by molar-refractivity contribution is 7.80. The van der Waals surface area contributed by atoms with Gasteiger partial charge in [0.25, 0.3) is 0 Å². The monoisotopic (exact) mass is 294 g/mol. The molecule has 2 N–H and O–H groups in total. The zero-order valence-corrected chi connectivity index (χ0v) is 13.6. The van der Waals surface area contributed by atoms with Crippen molar-refractivity contribution >= 4 is 17.2 Å². The third-order valence-corrected chi connectivity index (χ3v) is 3.62. The molecule has 1 aromatic rings. The summed E-state index contributed by atoms with van der Waals surface area (Å²) in [7, 11) is 2.15. The molecule has 0 aliphatic carbocycles. The van der Waals surface area contributed by atoms with E-state index >= 15 is 0 Å². The van der Waals surface area contributed by atoms with Gasteiger partial charge in [-0.2, -0.15) is 0 Å². The molecule has 0 spiro atoms. The molecule has 112 valence electrons. The standard InChI is InChI=1S/C16H26N2OS/c1-4-5-13(2)18(3)10-11-19-15-8-6-14(7-9-15)12-16(17)20/h6-9,13H,4-5,10-12H2,1-3H3,(H2,17,20). The van der Waals surface area contributed by atoms with Crippen molar-refractivity contribution < 1.29 is 4.74 Å². The molecule has 0 bridgehead atoms. The predicted octanol–water partition coefficient (Wildman–Crippen LogP) is 3.01. The van der Waals surface area contributed by atoms with E-state index < -0.39 is 0 Å². The minimum Gasteiger partial charge on any atom is -0.492 e. The van der Waals surface area contributed by atoms with E-state index in [4.69, 9.17) is 22.7 Å². The van der Waals surface area contributed by atoms with Crippen LogP contribution in [0.25, 0.3) is 0 Å². The molecule has 0 aliphatic heterocycles. The molecule has 4 heteroatoms. The number of likely N-dealkylation sites (N-methyl/N-ethyl adjacent to an activating group) is 1. The number of hydrogen-bond acceptors (Lipinski definition) is 3. The Labute approximate surface area is 128 Å². The van der Waals surface area contributed by atoms with E-state index in [0.717, 1.165) is 17.9 Å². The van der Waals surface area contributed by atoms with E-state index in [1.807, 2.05) is 24.3 Å². The Morgan fingerprint density at radius 1 is 1.35 bits per heavy atom. The lowest BCUT2D eigenvalue weighted by Crippen LogP contribution is -2.32. The average Bonchev–Trinajstić information content (AvgIpc) is 2.40. The number of ether oxygens (including phenoxy) is 1. The number of nitrogens with zero attached hydrogens (tertiary/aromatic N) is 1. The molecule has 0 saturated heterocycles. The lowest BCUT2D eigenvalue weighted by atomic mass is 10.1. The second-order valence-corrected chi connectivity index (χ2v) is 5.78. The van der Waals surface area contributed by atoms with Crippen LogP contribution in [-0.2, 0) is 6.42 Å². The Kier molecular flexibility index (Phi) is 7.55. The fraction of sp³-hybridized carbons (Fsp3) is 0.562. The summed E-state index contributed by atoms with van der Waals surface area (Å²) in [4.78, 5) is 2.86. The largest absolute Gasteiger partial charge is 0.492 e. The van der Waals surface area contributed by atoms with Crippen molar-refractivity contribution in [3.05, 3.63) is 29.8 Å². The fourth-order valence-corrected chi connectivity index (χ4v) is 2.24. The van der Waals surface area contributed by atoms with Gasteiger partial charge in [-0.3, -0.25) is 0 Å². The van der Waals surface area contributed by atoms with Crippen LogP contribution in [0.15, 0.2) is 24.3 Å². The van der Waals surface area contributed by atoms with Crippen molar-refractivity contribution in [1.82, 2.24) is 4.90 Å². The van der Waals surface area contributed by atoms with Crippen LogP contribution in [-0.4, -0.2) is 36.1 Å². The molecular formula is C16H26N2OS. The summed E-state index contributed by atoms with van der Waals surface area (Å²) in [5.41, 5.74) is 6.65. The number of hydrogen-bond donors (Lipinski definition) is 1. The minimum absolute atomic E-state index is 0.519. The summed E-state index contributed by atoms with van der Waals surface area (Å²) >= 11 is 4.90. The molecule has 1 unspecified atom stereocenters. The predicted molar refractivity (Wildman–Crippen MR) is 89.4 cm³/mol. The Morgan fingerprint density at radius 3 is 2.55 bits per heavy atom. The highest BCUT2D eigenvalue weighted by atomic mass is 32.1. The highest BCUT2D eigenvalue weighted by Crippen LogP contribution is 2.13. The van der Waals surface area contributed by atoms with Gasteiger partial charge in [0.15, 0.2) is 0 Å². The minimum atomic E-state index is 0.519. The molecule has 0 saturated carbocycles. The van der Waals surface area contributed by atoms with Crippen LogP contribution < -0.4 is 10.5 Å². The first-order valence-electron chi connectivity index (χ1n) is 7.23. The van der Waals surface area contributed by atoms with Gasteiger partial charge in [-0.15, -0.1) is 0 Å². The molecule has 0 aliphatic rings. The molecule has 1 rings (SSSR count). The Hall–Kier alpha value is -1.13. The topological polar surface area (TPSA) is 38.5 Å². The molecule has 0 aromatic heterocycles. The van der Waals surface area contributed by atoms with Gasteiger partial charge in [0.1, 0.15) is 12.4 Å². The van der Waals surface area contributed by atoms with Gasteiger partial charge in [-0.25, -0.2) is 0 Å². The van der Waals surface area contributed by atoms with Crippen LogP contribution in [0.4, 0.5) is 0 Å². The molecule has 1 atom stereocenters. The second-order valence-electron chi connectivity index (χ2n) is 5.25. The van der Waals surface area contributed by atoms with Crippen LogP contribution in [0.1, 0.15) is 32.3 Å². The smallest absolute Gasteiger partial charge is 0.119 e. The van der Waals surface area contributed by atoms with Gasteiger partial charge in [-0.05, 0) is 38.1 Å². The van der Waals surface area contributed by atoms with E-state index in [9.17, 15) is 0 Å². The molecule has 0 heterocycles. The summed E-state index contributed by atoms with van der Waals surface area (Å²) < 4.78 is 5.76. The van der Waals surface area contributed by atoms with E-state index in [-0.39, 0.29) is 0 Å². The van der Waals surface area contributed by atoms with Crippen LogP contribution in [0.5, 0.6) is 5.75 Å². The Bertz CT molecular complexity index is 405. The van der Waals surface area contributed by atoms with Crippen molar-refractivity contribution in [3.8, 4) is 5.75 Å². The zero-order chi connectivity index (χ0) is 15.0. The van der Waals surface area contributed by atoms with Crippen LogP contribution >= 0.6 is 12.2 Å². The van der Waals surface area contributed by atoms with Gasteiger partial charge in [0.2, 0.25) is 0 Å². The van der Waals surface area contributed by atoms with Gasteiger partial charge in [0, 0.05) is 19.0 Å². The quantitative estimate of drug-likeness (QED) is 0.711. The first-order chi connectivity index (χ1) is 9.52. The summed E-state index contributed by atoms with van der Waals surface area (Å²) in [6, 6.07) is 8.58. The molecule has 3 nitrogen and oxygen atoms in total. The summed E-state index contributed by atoms with van der Waals surface area (Å²) in [6.45, 7) is 6.12. The van der Waals surface area contributed by atoms with Gasteiger partial charge < -0.3 is 15.4 Å². The summed E-state index contributed by atoms with van der Waals surface area (Å²) in [6.07, 6.45) is 3.09. The van der Waals surface area contributed by atoms with Crippen LogP contribution in [0.2, 0.25) is 0 Å². The fourth-order valence-electron chi connectivity index (χ4n) is 2.07. The maximum atomic E-state index is 5.76. The zero-order valence-electron chi connectivity index (χ0n) is 12.8. The van der Waals surface area contributed by atoms with Crippen molar-refractivity contribution in [1.29, 1.82) is 0 Å². The van der Waals surface area contributed by atoms with E-state index in [0.29, 0.717) is 24.1 Å². The normalized spacial score (nSPS) is 12.4. The summed E-state index contributed by atoms with van der Waals surface area (Å²) in [5.74, 6) is 0.897. The SMILES string of the molecule is CCCC(C)N(C)CCOc1ccc(CC(N)=S)cc1. The van der Waals surface area contributed by atoms with Crippen molar-refractivity contribution in [3.63, 3.8) is 0 Å². The van der Waals surface area contributed by atoms with Crippen molar-refractivity contribution in [2.45, 2.75) is 39.2 Å². The second kappa shape index (κ2) is 8.93. The van der Waals surface area contributed by atoms with Crippen molar-refractivity contribution in [2.75, 3.05) is 20.2 Å². The highest BCUT2D eigenvalue weighted by Gasteiger charge is 2.07. The Morgan fingerprint density at radius 2 is 2.00 bits per heavy atom. The lowest BCUT2D eigenvalue weighted by Gasteiger charge is -2.24. The van der Waals surface area contributed by atoms with Crippen LogP contribution in [0, 0.1) is 0 Å². The van der Waals surface area contributed by atoms with Crippen molar-refractivity contribution in [2.24, 2.45) is 5.73 Å². The number of benzene rings is 1. The maximum absolute atomic E-state index is 5.76. The molecule has 0 radical (unpaired) electrons. The molecule has 1 aromatic carbocycles. The lowest BCUT2D eigenvalue weighted by molar-refractivity contribution is 0.193. The van der Waals surface area contributed by atoms with E-state index in [2.05, 4.69) is 25.8 Å². The molecule has 0 amide bonds. The maximum Gasteiger partial charge on any atom is 0.119 e. The summed E-state index contributed by atoms with van der Waals surface area (Å²) in [5, 5.41) is 0. The van der Waals surface area contributed by atoms with Crippen LogP contribution in [0.3, 0.4) is 0 Å². The van der Waals surface area contributed by atoms with E-state index in [1.165, 1.54) is 12.8 Å². The third kappa shape index (κ3) is 6.35. The third-order valence-electron chi connectivity index (χ3n) is 3.47. The molecular weight excluding hydrogens is 268 g/mol. The van der Waals surface area contributed by atoms with Gasteiger partial charge in [-0.1, -0.05) is 37.7 Å². The average molecular weight is 294 g/mol. The number of nitrogens with two attached hydrogens (primary N) is 1. The number of rotatable bonds is 9. The van der Waals surface area contributed by atoms with Gasteiger partial charge >= 0.3 is 0 Å². The first-order valence-corrected chi connectivity index (χ1v) is 7.64. The van der Waals surface area contributed by atoms with Gasteiger partial charge in [0.05, 0.1) is 4.99 Å². The van der Waals surface area contributed by atoms with E-state index in [1.54, 1.807) is 0 Å².